The number of aromatic nitrogens is 2. The number of rotatable bonds is 5. The first-order valence-electron chi connectivity index (χ1n) is 10.2. The number of piperidine rings is 1. The van der Waals surface area contributed by atoms with Gasteiger partial charge >= 0.3 is 6.18 Å². The van der Waals surface area contributed by atoms with Crippen LogP contribution in [0, 0.1) is 11.7 Å². The van der Waals surface area contributed by atoms with Crippen molar-refractivity contribution in [2.45, 2.75) is 25.6 Å². The highest BCUT2D eigenvalue weighted by Crippen LogP contribution is 2.34. The number of nitrogens with one attached hydrogen (secondary N) is 1. The summed E-state index contributed by atoms with van der Waals surface area (Å²) in [5.41, 5.74) is -0.351. The first-order chi connectivity index (χ1) is 15.7. The quantitative estimate of drug-likeness (QED) is 0.493. The van der Waals surface area contributed by atoms with Gasteiger partial charge in [0.15, 0.2) is 0 Å². The summed E-state index contributed by atoms with van der Waals surface area (Å²) in [5, 5.41) is 6.47. The van der Waals surface area contributed by atoms with Crippen LogP contribution in [-0.2, 0) is 17.5 Å². The summed E-state index contributed by atoms with van der Waals surface area (Å²) >= 11 is 5.99. The highest BCUT2D eigenvalue weighted by molar-refractivity contribution is 6.33. The molecule has 0 spiro atoms. The Morgan fingerprint density at radius 3 is 2.70 bits per heavy atom. The van der Waals surface area contributed by atoms with E-state index in [-0.39, 0.29) is 16.5 Å². The Kier molecular flexibility index (Phi) is 6.66. The molecule has 174 valence electrons. The van der Waals surface area contributed by atoms with Gasteiger partial charge < -0.3 is 9.84 Å². The third kappa shape index (κ3) is 5.69. The number of halogens is 5. The van der Waals surface area contributed by atoms with Gasteiger partial charge in [0.1, 0.15) is 5.82 Å². The summed E-state index contributed by atoms with van der Waals surface area (Å²) in [5.74, 6) is -0.541. The van der Waals surface area contributed by atoms with Crippen LogP contribution < -0.4 is 5.32 Å². The molecule has 0 aliphatic carbocycles. The number of likely N-dealkylation sites (tertiary alicyclic amines) is 1. The largest absolute Gasteiger partial charge is 0.416 e. The Balaban J connectivity index is 1.39. The summed E-state index contributed by atoms with van der Waals surface area (Å²) in [7, 11) is 0. The molecule has 33 heavy (non-hydrogen) atoms. The maximum Gasteiger partial charge on any atom is 0.416 e. The molecule has 1 saturated heterocycles. The van der Waals surface area contributed by atoms with Crippen LogP contribution in [0.4, 0.5) is 23.2 Å². The van der Waals surface area contributed by atoms with Crippen molar-refractivity contribution < 1.29 is 26.9 Å². The van der Waals surface area contributed by atoms with Crippen molar-refractivity contribution in [1.82, 2.24) is 15.0 Å². The molecule has 1 aromatic heterocycles. The Morgan fingerprint density at radius 2 is 1.97 bits per heavy atom. The predicted octanol–water partition coefficient (Wildman–Crippen LogP) is 5.40. The van der Waals surface area contributed by atoms with Gasteiger partial charge in [0.25, 0.3) is 0 Å². The summed E-state index contributed by atoms with van der Waals surface area (Å²) in [6.07, 6.45) is -3.24. The Bertz CT molecular complexity index is 1130. The van der Waals surface area contributed by atoms with Crippen molar-refractivity contribution in [2.24, 2.45) is 5.92 Å². The summed E-state index contributed by atoms with van der Waals surface area (Å²) in [6, 6.07) is 8.50. The molecule has 2 aromatic carbocycles. The number of alkyl halides is 3. The Hall–Kier alpha value is -2.98. The molecule has 1 N–H and O–H groups in total. The van der Waals surface area contributed by atoms with Crippen molar-refractivity contribution in [3.8, 4) is 11.4 Å². The van der Waals surface area contributed by atoms with E-state index in [4.69, 9.17) is 16.1 Å². The molecular formula is C22H19ClF4N4O2. The number of carbonyl (C=O) groups is 1. The maximum atomic E-state index is 13.1. The molecule has 6 nitrogen and oxygen atoms in total. The highest BCUT2D eigenvalue weighted by Gasteiger charge is 2.32. The van der Waals surface area contributed by atoms with Gasteiger partial charge in [-0.15, -0.1) is 0 Å². The number of hydrogen-bond donors (Lipinski definition) is 1. The van der Waals surface area contributed by atoms with Crippen molar-refractivity contribution in [2.75, 3.05) is 18.4 Å². The van der Waals surface area contributed by atoms with Gasteiger partial charge in [0.05, 0.1) is 28.7 Å². The van der Waals surface area contributed by atoms with E-state index in [0.717, 1.165) is 18.2 Å². The minimum atomic E-state index is -4.54. The van der Waals surface area contributed by atoms with Gasteiger partial charge in [-0.2, -0.15) is 18.2 Å². The molecule has 1 atom stereocenters. The summed E-state index contributed by atoms with van der Waals surface area (Å²) in [6.45, 7) is 1.38. The molecule has 4 rings (SSSR count). The van der Waals surface area contributed by atoms with Crippen LogP contribution >= 0.6 is 11.6 Å². The van der Waals surface area contributed by atoms with Gasteiger partial charge in [-0.25, -0.2) is 4.39 Å². The minimum absolute atomic E-state index is 0.0307. The zero-order chi connectivity index (χ0) is 23.6. The normalized spacial score (nSPS) is 17.2. The van der Waals surface area contributed by atoms with Crippen molar-refractivity contribution in [3.05, 3.63) is 64.8 Å². The molecule has 1 aliphatic rings. The fraction of sp³-hybridized carbons (Fsp3) is 0.318. The van der Waals surface area contributed by atoms with E-state index in [1.54, 1.807) is 12.1 Å². The van der Waals surface area contributed by atoms with E-state index in [1.807, 2.05) is 4.90 Å². The van der Waals surface area contributed by atoms with E-state index in [2.05, 4.69) is 15.5 Å². The number of nitrogens with zero attached hydrogens (tertiary/aromatic N) is 3. The summed E-state index contributed by atoms with van der Waals surface area (Å²) in [4.78, 5) is 19.0. The fourth-order valence-electron chi connectivity index (χ4n) is 3.67. The SMILES string of the molecule is O=C(Nc1cc(C(F)(F)F)ccc1Cl)C1CCCN(Cc2nc(-c3ccc(F)cc3)no2)C1. The molecule has 2 heterocycles. The van der Waals surface area contributed by atoms with Crippen molar-refractivity contribution in [3.63, 3.8) is 0 Å². The zero-order valence-electron chi connectivity index (χ0n) is 17.2. The number of hydrogen-bond acceptors (Lipinski definition) is 5. The lowest BCUT2D eigenvalue weighted by atomic mass is 9.97. The predicted molar refractivity (Wildman–Crippen MR) is 113 cm³/mol. The Labute approximate surface area is 191 Å². The lowest BCUT2D eigenvalue weighted by Crippen LogP contribution is -2.40. The van der Waals surface area contributed by atoms with E-state index < -0.39 is 23.6 Å². The van der Waals surface area contributed by atoms with Crippen molar-refractivity contribution in [1.29, 1.82) is 0 Å². The average molecular weight is 483 g/mol. The summed E-state index contributed by atoms with van der Waals surface area (Å²) < 4.78 is 57.3. The van der Waals surface area contributed by atoms with E-state index in [0.29, 0.717) is 49.8 Å². The van der Waals surface area contributed by atoms with Crippen LogP contribution in [0.25, 0.3) is 11.4 Å². The fourth-order valence-corrected chi connectivity index (χ4v) is 3.84. The molecule has 0 bridgehead atoms. The Morgan fingerprint density at radius 1 is 1.21 bits per heavy atom. The van der Waals surface area contributed by atoms with E-state index >= 15 is 0 Å². The molecular weight excluding hydrogens is 464 g/mol. The van der Waals surface area contributed by atoms with Crippen LogP contribution in [-0.4, -0.2) is 34.0 Å². The molecule has 1 fully saturated rings. The molecule has 1 amide bonds. The van der Waals surface area contributed by atoms with Crippen LogP contribution in [0.5, 0.6) is 0 Å². The first kappa shape index (κ1) is 23.2. The molecule has 1 unspecified atom stereocenters. The lowest BCUT2D eigenvalue weighted by molar-refractivity contribution is -0.137. The van der Waals surface area contributed by atoms with Gasteiger partial charge in [-0.3, -0.25) is 9.69 Å². The van der Waals surface area contributed by atoms with E-state index in [1.165, 1.54) is 12.1 Å². The lowest BCUT2D eigenvalue weighted by Gasteiger charge is -2.31. The van der Waals surface area contributed by atoms with E-state index in [9.17, 15) is 22.4 Å². The zero-order valence-corrected chi connectivity index (χ0v) is 18.0. The molecule has 0 saturated carbocycles. The highest BCUT2D eigenvalue weighted by atomic mass is 35.5. The third-order valence-corrected chi connectivity index (χ3v) is 5.69. The molecule has 1 aliphatic heterocycles. The minimum Gasteiger partial charge on any atom is -0.338 e. The van der Waals surface area contributed by atoms with Crippen LogP contribution in [0.15, 0.2) is 47.0 Å². The van der Waals surface area contributed by atoms with Gasteiger partial charge in [0.2, 0.25) is 17.6 Å². The molecule has 11 heteroatoms. The number of carbonyl (C=O) groups excluding carboxylic acids is 1. The first-order valence-corrected chi connectivity index (χ1v) is 10.6. The maximum absolute atomic E-state index is 13.1. The topological polar surface area (TPSA) is 71.3 Å². The van der Waals surface area contributed by atoms with Crippen LogP contribution in [0.1, 0.15) is 24.3 Å². The second-order valence-corrected chi connectivity index (χ2v) is 8.18. The smallest absolute Gasteiger partial charge is 0.338 e. The van der Waals surface area contributed by atoms with Crippen LogP contribution in [0.2, 0.25) is 5.02 Å². The second-order valence-electron chi connectivity index (χ2n) is 7.77. The average Bonchev–Trinajstić information content (AvgIpc) is 3.23. The van der Waals surface area contributed by atoms with Gasteiger partial charge in [-0.05, 0) is 61.9 Å². The molecule has 0 radical (unpaired) electrons. The monoisotopic (exact) mass is 482 g/mol. The third-order valence-electron chi connectivity index (χ3n) is 5.36. The molecule has 3 aromatic rings. The number of benzene rings is 2. The van der Waals surface area contributed by atoms with Gasteiger partial charge in [0, 0.05) is 12.1 Å². The standard InChI is InChI=1S/C22H19ClF4N4O2/c23-17-8-5-15(22(25,26)27)10-18(17)28-21(32)14-2-1-9-31(11-14)12-19-29-20(30-33-19)13-3-6-16(24)7-4-13/h3-8,10,14H,1-2,9,11-12H2,(H,28,32). The van der Waals surface area contributed by atoms with Crippen molar-refractivity contribution >= 4 is 23.2 Å². The van der Waals surface area contributed by atoms with Crippen LogP contribution in [0.3, 0.4) is 0 Å². The number of anilines is 1. The van der Waals surface area contributed by atoms with Gasteiger partial charge in [-0.1, -0.05) is 16.8 Å². The number of amides is 1. The second kappa shape index (κ2) is 9.48.